The molecule has 16 heavy (non-hydrogen) atoms. The molecule has 0 saturated carbocycles. The molecule has 1 fully saturated rings. The lowest BCUT2D eigenvalue weighted by Gasteiger charge is -2.26. The zero-order chi connectivity index (χ0) is 11.7. The molecule has 2 amide bonds. The standard InChI is InChI=1S/C9H14N2O5/c12-3-5-6(13)7(14)8(16-5)4-1-2-10-9(15)11-4/h1-2,4-8,12-14H,3H2,(H2,10,11,15)/t4-,5+,6+,7+,8-/m0/s1. The largest absolute Gasteiger partial charge is 0.394 e. The summed E-state index contributed by atoms with van der Waals surface area (Å²) in [6.07, 6.45) is -0.796. The smallest absolute Gasteiger partial charge is 0.319 e. The van der Waals surface area contributed by atoms with E-state index in [0.717, 1.165) is 0 Å². The number of aliphatic hydroxyl groups is 3. The van der Waals surface area contributed by atoms with Crippen LogP contribution in [-0.2, 0) is 4.74 Å². The van der Waals surface area contributed by atoms with Crippen molar-refractivity contribution in [3.8, 4) is 0 Å². The predicted molar refractivity (Wildman–Crippen MR) is 52.4 cm³/mol. The van der Waals surface area contributed by atoms with E-state index in [4.69, 9.17) is 9.84 Å². The van der Waals surface area contributed by atoms with Gasteiger partial charge in [0.25, 0.3) is 0 Å². The predicted octanol–water partition coefficient (Wildman–Crippen LogP) is -2.34. The average Bonchev–Trinajstić information content (AvgIpc) is 2.56. The maximum absolute atomic E-state index is 11.0. The molecule has 0 bridgehead atoms. The first kappa shape index (κ1) is 11.3. The summed E-state index contributed by atoms with van der Waals surface area (Å²) < 4.78 is 5.28. The van der Waals surface area contributed by atoms with E-state index < -0.39 is 36.5 Å². The molecule has 0 aromatic rings. The Morgan fingerprint density at radius 2 is 2.12 bits per heavy atom. The summed E-state index contributed by atoms with van der Waals surface area (Å²) >= 11 is 0. The van der Waals surface area contributed by atoms with Crippen LogP contribution in [0, 0.1) is 0 Å². The van der Waals surface area contributed by atoms with Gasteiger partial charge in [0.15, 0.2) is 0 Å². The van der Waals surface area contributed by atoms with Crippen molar-refractivity contribution in [1.29, 1.82) is 0 Å². The van der Waals surface area contributed by atoms with Gasteiger partial charge in [0.2, 0.25) is 0 Å². The molecule has 7 heteroatoms. The Morgan fingerprint density at radius 1 is 1.38 bits per heavy atom. The molecule has 0 spiro atoms. The van der Waals surface area contributed by atoms with Crippen molar-refractivity contribution in [3.05, 3.63) is 12.3 Å². The highest BCUT2D eigenvalue weighted by molar-refractivity contribution is 5.76. The number of rotatable bonds is 2. The van der Waals surface area contributed by atoms with E-state index in [9.17, 15) is 15.0 Å². The molecular weight excluding hydrogens is 216 g/mol. The molecule has 0 radical (unpaired) electrons. The summed E-state index contributed by atoms with van der Waals surface area (Å²) in [6, 6.07) is -0.916. The Hall–Kier alpha value is -1.15. The van der Waals surface area contributed by atoms with Crippen LogP contribution in [0.3, 0.4) is 0 Å². The minimum Gasteiger partial charge on any atom is -0.394 e. The zero-order valence-corrected chi connectivity index (χ0v) is 8.41. The first-order valence-corrected chi connectivity index (χ1v) is 4.99. The fourth-order valence-corrected chi connectivity index (χ4v) is 1.89. The van der Waals surface area contributed by atoms with Crippen molar-refractivity contribution >= 4 is 6.03 Å². The van der Waals surface area contributed by atoms with Crippen LogP contribution >= 0.6 is 0 Å². The van der Waals surface area contributed by atoms with Gasteiger partial charge >= 0.3 is 6.03 Å². The van der Waals surface area contributed by atoms with Crippen LogP contribution in [0.2, 0.25) is 0 Å². The molecule has 2 heterocycles. The number of nitrogens with one attached hydrogen (secondary N) is 2. The molecule has 2 rings (SSSR count). The van der Waals surface area contributed by atoms with Crippen LogP contribution in [0.25, 0.3) is 0 Å². The van der Waals surface area contributed by atoms with Crippen molar-refractivity contribution in [2.24, 2.45) is 0 Å². The van der Waals surface area contributed by atoms with E-state index in [1.807, 2.05) is 0 Å². The van der Waals surface area contributed by atoms with Crippen LogP contribution in [0.5, 0.6) is 0 Å². The number of hydrogen-bond donors (Lipinski definition) is 5. The van der Waals surface area contributed by atoms with Crippen molar-refractivity contribution in [3.63, 3.8) is 0 Å². The lowest BCUT2D eigenvalue weighted by molar-refractivity contribution is -0.0275. The number of urea groups is 1. The average molecular weight is 230 g/mol. The molecule has 5 atom stereocenters. The Labute approximate surface area is 91.7 Å². The van der Waals surface area contributed by atoms with Crippen molar-refractivity contribution in [1.82, 2.24) is 10.6 Å². The number of aliphatic hydroxyl groups excluding tert-OH is 3. The van der Waals surface area contributed by atoms with Gasteiger partial charge < -0.3 is 30.7 Å². The molecule has 0 unspecified atom stereocenters. The topological polar surface area (TPSA) is 111 Å². The number of hydrogen-bond acceptors (Lipinski definition) is 5. The number of carbonyl (C=O) groups excluding carboxylic acids is 1. The molecule has 0 aromatic heterocycles. The summed E-state index contributed by atoms with van der Waals surface area (Å²) in [5, 5.41) is 33.1. The second-order valence-corrected chi connectivity index (χ2v) is 3.81. The second-order valence-electron chi connectivity index (χ2n) is 3.81. The Kier molecular flexibility index (Phi) is 3.10. The van der Waals surface area contributed by atoms with Gasteiger partial charge in [0.05, 0.1) is 12.6 Å². The first-order valence-electron chi connectivity index (χ1n) is 4.99. The normalized spacial score (nSPS) is 42.9. The lowest BCUT2D eigenvalue weighted by atomic mass is 10.0. The molecule has 1 saturated heterocycles. The Bertz CT molecular complexity index is 308. The van der Waals surface area contributed by atoms with Gasteiger partial charge in [0.1, 0.15) is 24.4 Å². The summed E-state index contributed by atoms with van der Waals surface area (Å²) in [5.41, 5.74) is 0. The van der Waals surface area contributed by atoms with Gasteiger partial charge in [-0.25, -0.2) is 4.79 Å². The molecule has 90 valence electrons. The number of amides is 2. The fourth-order valence-electron chi connectivity index (χ4n) is 1.89. The van der Waals surface area contributed by atoms with Crippen LogP contribution in [0.1, 0.15) is 0 Å². The van der Waals surface area contributed by atoms with E-state index in [0.29, 0.717) is 0 Å². The van der Waals surface area contributed by atoms with Gasteiger partial charge in [-0.05, 0) is 6.08 Å². The molecule has 2 aliphatic heterocycles. The van der Waals surface area contributed by atoms with Gasteiger partial charge in [-0.2, -0.15) is 0 Å². The van der Waals surface area contributed by atoms with Crippen molar-refractivity contribution in [2.45, 2.75) is 30.5 Å². The number of ether oxygens (including phenoxy) is 1. The molecule has 0 aliphatic carbocycles. The van der Waals surface area contributed by atoms with E-state index in [-0.39, 0.29) is 6.61 Å². The summed E-state index contributed by atoms with van der Waals surface area (Å²) in [6.45, 7) is -0.378. The van der Waals surface area contributed by atoms with Crippen LogP contribution in [0.15, 0.2) is 12.3 Å². The third kappa shape index (κ3) is 1.90. The highest BCUT2D eigenvalue weighted by atomic mass is 16.6. The van der Waals surface area contributed by atoms with Crippen LogP contribution < -0.4 is 10.6 Å². The monoisotopic (exact) mass is 230 g/mol. The maximum Gasteiger partial charge on any atom is 0.319 e. The fraction of sp³-hybridized carbons (Fsp3) is 0.667. The maximum atomic E-state index is 11.0. The molecule has 5 N–H and O–H groups in total. The van der Waals surface area contributed by atoms with Crippen LogP contribution in [-0.4, -0.2) is 58.4 Å². The Balaban J connectivity index is 2.07. The highest BCUT2D eigenvalue weighted by Crippen LogP contribution is 2.24. The summed E-state index contributed by atoms with van der Waals surface area (Å²) in [5.74, 6) is 0. The van der Waals surface area contributed by atoms with Gasteiger partial charge in [-0.15, -0.1) is 0 Å². The molecule has 2 aliphatic rings. The number of carbonyl (C=O) groups is 1. The summed E-state index contributed by atoms with van der Waals surface area (Å²) in [4.78, 5) is 11.0. The Morgan fingerprint density at radius 3 is 2.69 bits per heavy atom. The summed E-state index contributed by atoms with van der Waals surface area (Å²) in [7, 11) is 0. The molecular formula is C9H14N2O5. The SMILES string of the molecule is O=C1NC=C[C@@H]([C@@H]2O[C@H](CO)[C@@H](O)[C@H]2O)N1. The minimum atomic E-state index is -1.14. The second kappa shape index (κ2) is 4.38. The van der Waals surface area contributed by atoms with E-state index in [1.54, 1.807) is 6.08 Å². The van der Waals surface area contributed by atoms with Crippen molar-refractivity contribution < 1.29 is 24.9 Å². The first-order chi connectivity index (χ1) is 7.63. The quantitative estimate of drug-likeness (QED) is 0.365. The van der Waals surface area contributed by atoms with E-state index in [2.05, 4.69) is 10.6 Å². The van der Waals surface area contributed by atoms with E-state index >= 15 is 0 Å². The third-order valence-corrected chi connectivity index (χ3v) is 2.75. The van der Waals surface area contributed by atoms with E-state index in [1.165, 1.54) is 6.20 Å². The van der Waals surface area contributed by atoms with Gasteiger partial charge in [-0.1, -0.05) is 0 Å². The minimum absolute atomic E-state index is 0.378. The van der Waals surface area contributed by atoms with Gasteiger partial charge in [-0.3, -0.25) is 0 Å². The zero-order valence-electron chi connectivity index (χ0n) is 8.41. The van der Waals surface area contributed by atoms with Gasteiger partial charge in [0, 0.05) is 6.20 Å². The third-order valence-electron chi connectivity index (χ3n) is 2.75. The molecule has 0 aromatic carbocycles. The highest BCUT2D eigenvalue weighted by Gasteiger charge is 2.46. The lowest BCUT2D eigenvalue weighted by Crippen LogP contribution is -2.52. The van der Waals surface area contributed by atoms with Crippen LogP contribution in [0.4, 0.5) is 4.79 Å². The molecule has 7 nitrogen and oxygen atoms in total. The van der Waals surface area contributed by atoms with Crippen molar-refractivity contribution in [2.75, 3.05) is 6.61 Å².